The van der Waals surface area contributed by atoms with Gasteiger partial charge in [-0.15, -0.1) is 0 Å². The van der Waals surface area contributed by atoms with Crippen LogP contribution in [0.4, 0.5) is 0 Å². The van der Waals surface area contributed by atoms with Gasteiger partial charge in [0.25, 0.3) is 0 Å². The van der Waals surface area contributed by atoms with Crippen LogP contribution in [0.15, 0.2) is 12.2 Å². The van der Waals surface area contributed by atoms with Crippen LogP contribution in [-0.4, -0.2) is 24.0 Å². The second-order valence-corrected chi connectivity index (χ2v) is 3.08. The maximum atomic E-state index is 4.01. The Kier molecular flexibility index (Phi) is 2.50. The van der Waals surface area contributed by atoms with Gasteiger partial charge in [0.2, 0.25) is 0 Å². The lowest BCUT2D eigenvalue weighted by atomic mass is 10.1. The van der Waals surface area contributed by atoms with Crippen LogP contribution in [0.2, 0.25) is 0 Å². The molecule has 58 valence electrons. The Morgan fingerprint density at radius 3 is 2.70 bits per heavy atom. The molecule has 0 bridgehead atoms. The molecule has 10 heavy (non-hydrogen) atoms. The fourth-order valence-corrected chi connectivity index (χ4v) is 1.72. The Bertz CT molecular complexity index is 115. The van der Waals surface area contributed by atoms with Crippen molar-refractivity contribution in [1.82, 2.24) is 4.90 Å². The molecule has 1 aliphatic heterocycles. The third-order valence-electron chi connectivity index (χ3n) is 2.34. The molecule has 1 fully saturated rings. The summed E-state index contributed by atoms with van der Waals surface area (Å²) in [4.78, 5) is 2.50. The fourth-order valence-electron chi connectivity index (χ4n) is 1.72. The van der Waals surface area contributed by atoms with Gasteiger partial charge in [0, 0.05) is 12.6 Å². The minimum atomic E-state index is 0.789. The van der Waals surface area contributed by atoms with E-state index in [0.717, 1.165) is 12.6 Å². The van der Waals surface area contributed by atoms with Crippen molar-refractivity contribution in [3.05, 3.63) is 12.2 Å². The van der Waals surface area contributed by atoms with E-state index in [4.69, 9.17) is 0 Å². The molecular formula is C9H17N. The van der Waals surface area contributed by atoms with Crippen molar-refractivity contribution >= 4 is 0 Å². The van der Waals surface area contributed by atoms with Crippen LogP contribution in [0.5, 0.6) is 0 Å². The Morgan fingerprint density at radius 2 is 2.30 bits per heavy atom. The summed E-state index contributed by atoms with van der Waals surface area (Å²) in [6.45, 7) is 10.8. The Hall–Kier alpha value is -0.300. The molecule has 0 aromatic carbocycles. The van der Waals surface area contributed by atoms with Gasteiger partial charge in [0.15, 0.2) is 0 Å². The SMILES string of the molecule is C=C1C[C@@H](CC)N(CC)C1. The van der Waals surface area contributed by atoms with Crippen LogP contribution in [0.3, 0.4) is 0 Å². The number of nitrogens with zero attached hydrogens (tertiary/aromatic N) is 1. The Balaban J connectivity index is 2.48. The summed E-state index contributed by atoms with van der Waals surface area (Å²) in [6.07, 6.45) is 2.50. The predicted molar refractivity (Wildman–Crippen MR) is 45.1 cm³/mol. The standard InChI is InChI=1S/C9H17N/c1-4-9-6-8(3)7-10(9)5-2/h9H,3-7H2,1-2H3/t9-/m1/s1. The molecule has 0 spiro atoms. The van der Waals surface area contributed by atoms with Gasteiger partial charge < -0.3 is 0 Å². The van der Waals surface area contributed by atoms with E-state index in [0.29, 0.717) is 0 Å². The first-order chi connectivity index (χ1) is 4.77. The van der Waals surface area contributed by atoms with Crippen LogP contribution in [0.1, 0.15) is 26.7 Å². The molecule has 0 unspecified atom stereocenters. The Morgan fingerprint density at radius 1 is 1.60 bits per heavy atom. The van der Waals surface area contributed by atoms with E-state index in [-0.39, 0.29) is 0 Å². The van der Waals surface area contributed by atoms with Crippen molar-refractivity contribution < 1.29 is 0 Å². The summed E-state index contributed by atoms with van der Waals surface area (Å²) < 4.78 is 0. The van der Waals surface area contributed by atoms with E-state index >= 15 is 0 Å². The molecule has 1 nitrogen and oxygen atoms in total. The van der Waals surface area contributed by atoms with E-state index in [1.807, 2.05) is 0 Å². The van der Waals surface area contributed by atoms with Crippen LogP contribution in [-0.2, 0) is 0 Å². The highest BCUT2D eigenvalue weighted by molar-refractivity contribution is 5.07. The Labute approximate surface area is 63.7 Å². The molecule has 0 radical (unpaired) electrons. The first-order valence-electron chi connectivity index (χ1n) is 4.18. The van der Waals surface area contributed by atoms with Crippen molar-refractivity contribution in [3.63, 3.8) is 0 Å². The molecule has 0 amide bonds. The number of likely N-dealkylation sites (tertiary alicyclic amines) is 1. The number of hydrogen-bond acceptors (Lipinski definition) is 1. The normalized spacial score (nSPS) is 27.8. The predicted octanol–water partition coefficient (Wildman–Crippen LogP) is 2.05. The molecule has 1 rings (SSSR count). The van der Waals surface area contributed by atoms with Crippen LogP contribution >= 0.6 is 0 Å². The minimum Gasteiger partial charge on any atom is -0.296 e. The molecule has 1 saturated heterocycles. The van der Waals surface area contributed by atoms with Gasteiger partial charge >= 0.3 is 0 Å². The lowest BCUT2D eigenvalue weighted by Gasteiger charge is -2.19. The number of rotatable bonds is 2. The van der Waals surface area contributed by atoms with E-state index in [1.165, 1.54) is 25.0 Å². The lowest BCUT2D eigenvalue weighted by molar-refractivity contribution is 0.263. The van der Waals surface area contributed by atoms with Gasteiger partial charge in [-0.05, 0) is 19.4 Å². The molecular weight excluding hydrogens is 122 g/mol. The quantitative estimate of drug-likeness (QED) is 0.529. The average molecular weight is 139 g/mol. The maximum Gasteiger partial charge on any atom is 0.0193 e. The van der Waals surface area contributed by atoms with Crippen molar-refractivity contribution in [1.29, 1.82) is 0 Å². The van der Waals surface area contributed by atoms with E-state index in [2.05, 4.69) is 25.3 Å². The summed E-state index contributed by atoms with van der Waals surface area (Å²) in [5, 5.41) is 0. The van der Waals surface area contributed by atoms with Gasteiger partial charge in [0.05, 0.1) is 0 Å². The second kappa shape index (κ2) is 3.20. The van der Waals surface area contributed by atoms with Crippen LogP contribution in [0, 0.1) is 0 Å². The van der Waals surface area contributed by atoms with Gasteiger partial charge in [-0.2, -0.15) is 0 Å². The summed E-state index contributed by atoms with van der Waals surface area (Å²) >= 11 is 0. The monoisotopic (exact) mass is 139 g/mol. The highest BCUT2D eigenvalue weighted by Gasteiger charge is 2.23. The van der Waals surface area contributed by atoms with Gasteiger partial charge in [-0.25, -0.2) is 0 Å². The highest BCUT2D eigenvalue weighted by atomic mass is 15.2. The third kappa shape index (κ3) is 1.40. The summed E-state index contributed by atoms with van der Waals surface area (Å²) in [7, 11) is 0. The summed E-state index contributed by atoms with van der Waals surface area (Å²) in [5.41, 5.74) is 1.41. The first-order valence-corrected chi connectivity index (χ1v) is 4.18. The average Bonchev–Trinajstić information content (AvgIpc) is 2.30. The minimum absolute atomic E-state index is 0.789. The molecule has 0 aromatic rings. The molecule has 1 heteroatoms. The first kappa shape index (κ1) is 7.80. The molecule has 0 N–H and O–H groups in total. The fraction of sp³-hybridized carbons (Fsp3) is 0.778. The molecule has 0 aliphatic carbocycles. The molecule has 1 atom stereocenters. The van der Waals surface area contributed by atoms with Gasteiger partial charge in [-0.3, -0.25) is 4.90 Å². The van der Waals surface area contributed by atoms with Crippen molar-refractivity contribution in [3.8, 4) is 0 Å². The maximum absolute atomic E-state index is 4.01. The van der Waals surface area contributed by atoms with Gasteiger partial charge in [0.1, 0.15) is 0 Å². The largest absolute Gasteiger partial charge is 0.296 e. The summed E-state index contributed by atoms with van der Waals surface area (Å²) in [5.74, 6) is 0. The second-order valence-electron chi connectivity index (χ2n) is 3.08. The van der Waals surface area contributed by atoms with Gasteiger partial charge in [-0.1, -0.05) is 26.0 Å². The van der Waals surface area contributed by atoms with Crippen LogP contribution < -0.4 is 0 Å². The van der Waals surface area contributed by atoms with Crippen molar-refractivity contribution in [2.24, 2.45) is 0 Å². The van der Waals surface area contributed by atoms with Crippen LogP contribution in [0.25, 0.3) is 0 Å². The third-order valence-corrected chi connectivity index (χ3v) is 2.34. The number of hydrogen-bond donors (Lipinski definition) is 0. The number of likely N-dealkylation sites (N-methyl/N-ethyl adjacent to an activating group) is 1. The zero-order valence-corrected chi connectivity index (χ0v) is 7.06. The molecule has 1 heterocycles. The smallest absolute Gasteiger partial charge is 0.0193 e. The lowest BCUT2D eigenvalue weighted by Crippen LogP contribution is -2.28. The zero-order chi connectivity index (χ0) is 7.56. The molecule has 0 saturated carbocycles. The topological polar surface area (TPSA) is 3.24 Å². The highest BCUT2D eigenvalue weighted by Crippen LogP contribution is 2.22. The van der Waals surface area contributed by atoms with Crippen molar-refractivity contribution in [2.75, 3.05) is 13.1 Å². The summed E-state index contributed by atoms with van der Waals surface area (Å²) in [6, 6.07) is 0.789. The molecule has 1 aliphatic rings. The zero-order valence-electron chi connectivity index (χ0n) is 7.06. The van der Waals surface area contributed by atoms with E-state index < -0.39 is 0 Å². The van der Waals surface area contributed by atoms with E-state index in [1.54, 1.807) is 0 Å². The van der Waals surface area contributed by atoms with E-state index in [9.17, 15) is 0 Å². The molecule has 0 aromatic heterocycles. The van der Waals surface area contributed by atoms with Crippen molar-refractivity contribution in [2.45, 2.75) is 32.7 Å².